The lowest BCUT2D eigenvalue weighted by atomic mass is 10.2. The third-order valence-electron chi connectivity index (χ3n) is 1.72. The van der Waals surface area contributed by atoms with Gasteiger partial charge in [-0.05, 0) is 19.4 Å². The fourth-order valence-electron chi connectivity index (χ4n) is 1.04. The molecule has 0 heterocycles. The summed E-state index contributed by atoms with van der Waals surface area (Å²) in [6.07, 6.45) is 1.84. The van der Waals surface area contributed by atoms with Crippen LogP contribution in [0.25, 0.3) is 0 Å². The number of hydrogen-bond donors (Lipinski definition) is 2. The summed E-state index contributed by atoms with van der Waals surface area (Å²) in [5, 5.41) is 6.00. The minimum Gasteiger partial charge on any atom is -0.355 e. The Hall–Kier alpha value is -0.570. The van der Waals surface area contributed by atoms with Gasteiger partial charge in [-0.3, -0.25) is 4.79 Å². The van der Waals surface area contributed by atoms with Crippen molar-refractivity contribution in [1.82, 2.24) is 10.6 Å². The highest BCUT2D eigenvalue weighted by Gasteiger charge is 2.12. The summed E-state index contributed by atoms with van der Waals surface area (Å²) < 4.78 is 0. The Morgan fingerprint density at radius 3 is 2.42 bits per heavy atom. The molecule has 72 valence electrons. The molecule has 0 aliphatic rings. The number of likely N-dealkylation sites (N-methyl/N-ethyl adjacent to an activating group) is 1. The molecule has 0 aliphatic carbocycles. The van der Waals surface area contributed by atoms with Gasteiger partial charge < -0.3 is 10.6 Å². The largest absolute Gasteiger partial charge is 0.355 e. The van der Waals surface area contributed by atoms with Gasteiger partial charge in [-0.25, -0.2) is 0 Å². The molecular weight excluding hydrogens is 152 g/mol. The molecule has 0 spiro atoms. The quantitative estimate of drug-likeness (QED) is 0.625. The molecule has 0 saturated carbocycles. The number of amides is 1. The minimum atomic E-state index is -0.0125. The van der Waals surface area contributed by atoms with E-state index in [2.05, 4.69) is 17.6 Å². The van der Waals surface area contributed by atoms with Crippen molar-refractivity contribution in [3.63, 3.8) is 0 Å². The summed E-state index contributed by atoms with van der Waals surface area (Å²) in [6.45, 7) is 7.70. The number of nitrogens with one attached hydrogen (secondary N) is 2. The Kier molecular flexibility index (Phi) is 6.76. The van der Waals surface area contributed by atoms with Crippen LogP contribution in [-0.2, 0) is 4.79 Å². The number of rotatable bonds is 6. The summed E-state index contributed by atoms with van der Waals surface area (Å²) in [5.41, 5.74) is 0. The first kappa shape index (κ1) is 11.4. The number of hydrogen-bond acceptors (Lipinski definition) is 2. The number of carbonyl (C=O) groups excluding carboxylic acids is 1. The van der Waals surface area contributed by atoms with Gasteiger partial charge in [-0.15, -0.1) is 0 Å². The predicted octanol–water partition coefficient (Wildman–Crippen LogP) is 0.901. The molecule has 0 aromatic carbocycles. The van der Waals surface area contributed by atoms with E-state index in [1.165, 1.54) is 0 Å². The molecule has 0 bridgehead atoms. The molecule has 3 heteroatoms. The minimum absolute atomic E-state index is 0.0125. The molecule has 0 saturated heterocycles. The van der Waals surface area contributed by atoms with Gasteiger partial charge in [-0.2, -0.15) is 0 Å². The smallest absolute Gasteiger partial charge is 0.237 e. The topological polar surface area (TPSA) is 41.1 Å². The van der Waals surface area contributed by atoms with Gasteiger partial charge in [0, 0.05) is 6.54 Å². The van der Waals surface area contributed by atoms with Crippen molar-refractivity contribution in [3.8, 4) is 0 Å². The average Bonchev–Trinajstić information content (AvgIpc) is 2.10. The molecular formula is C9H20N2O. The van der Waals surface area contributed by atoms with Crippen LogP contribution in [0.1, 0.15) is 33.6 Å². The summed E-state index contributed by atoms with van der Waals surface area (Å²) in [4.78, 5) is 11.3. The fraction of sp³-hybridized carbons (Fsp3) is 0.889. The maximum absolute atomic E-state index is 11.3. The van der Waals surface area contributed by atoms with Crippen LogP contribution >= 0.6 is 0 Å². The highest BCUT2D eigenvalue weighted by atomic mass is 16.2. The van der Waals surface area contributed by atoms with E-state index >= 15 is 0 Å². The number of carbonyl (C=O) groups is 1. The van der Waals surface area contributed by atoms with Crippen LogP contribution in [-0.4, -0.2) is 25.0 Å². The summed E-state index contributed by atoms with van der Waals surface area (Å²) in [5.74, 6) is 0.126. The SMILES string of the molecule is CCCNC(=O)C(CC)NCC. The second-order valence-corrected chi connectivity index (χ2v) is 2.81. The predicted molar refractivity (Wildman–Crippen MR) is 51.1 cm³/mol. The van der Waals surface area contributed by atoms with Crippen molar-refractivity contribution in [3.05, 3.63) is 0 Å². The van der Waals surface area contributed by atoms with E-state index < -0.39 is 0 Å². The van der Waals surface area contributed by atoms with Crippen LogP contribution in [0.5, 0.6) is 0 Å². The normalized spacial score (nSPS) is 12.6. The van der Waals surface area contributed by atoms with Gasteiger partial charge in [0.25, 0.3) is 0 Å². The lowest BCUT2D eigenvalue weighted by Crippen LogP contribution is -2.43. The van der Waals surface area contributed by atoms with Gasteiger partial charge in [-0.1, -0.05) is 20.8 Å². The van der Waals surface area contributed by atoms with Crippen LogP contribution in [0.2, 0.25) is 0 Å². The van der Waals surface area contributed by atoms with Crippen molar-refractivity contribution in [2.75, 3.05) is 13.1 Å². The zero-order valence-electron chi connectivity index (χ0n) is 8.31. The van der Waals surface area contributed by atoms with Crippen molar-refractivity contribution >= 4 is 5.91 Å². The van der Waals surface area contributed by atoms with Crippen LogP contribution in [0.4, 0.5) is 0 Å². The second-order valence-electron chi connectivity index (χ2n) is 2.81. The van der Waals surface area contributed by atoms with Crippen LogP contribution in [0, 0.1) is 0 Å². The Bertz CT molecular complexity index is 126. The van der Waals surface area contributed by atoms with Crippen molar-refractivity contribution in [1.29, 1.82) is 0 Å². The van der Waals surface area contributed by atoms with E-state index in [1.54, 1.807) is 0 Å². The van der Waals surface area contributed by atoms with E-state index in [4.69, 9.17) is 0 Å². The Morgan fingerprint density at radius 1 is 1.33 bits per heavy atom. The van der Waals surface area contributed by atoms with Gasteiger partial charge in [0.05, 0.1) is 6.04 Å². The summed E-state index contributed by atoms with van der Waals surface area (Å²) in [6, 6.07) is -0.0125. The lowest BCUT2D eigenvalue weighted by Gasteiger charge is -2.14. The summed E-state index contributed by atoms with van der Waals surface area (Å²) in [7, 11) is 0. The molecule has 0 rings (SSSR count). The monoisotopic (exact) mass is 172 g/mol. The van der Waals surface area contributed by atoms with E-state index in [0.717, 1.165) is 25.9 Å². The first-order valence-electron chi connectivity index (χ1n) is 4.77. The Labute approximate surface area is 74.9 Å². The molecule has 0 radical (unpaired) electrons. The van der Waals surface area contributed by atoms with E-state index in [9.17, 15) is 4.79 Å². The summed E-state index contributed by atoms with van der Waals surface area (Å²) >= 11 is 0. The first-order valence-corrected chi connectivity index (χ1v) is 4.77. The van der Waals surface area contributed by atoms with Crippen LogP contribution in [0.15, 0.2) is 0 Å². The molecule has 0 fully saturated rings. The Morgan fingerprint density at radius 2 is 2.00 bits per heavy atom. The molecule has 1 amide bonds. The Balaban J connectivity index is 3.69. The maximum atomic E-state index is 11.3. The van der Waals surface area contributed by atoms with E-state index in [1.807, 2.05) is 13.8 Å². The van der Waals surface area contributed by atoms with Gasteiger partial charge >= 0.3 is 0 Å². The maximum Gasteiger partial charge on any atom is 0.237 e. The highest BCUT2D eigenvalue weighted by Crippen LogP contribution is 1.90. The first-order chi connectivity index (χ1) is 5.76. The third-order valence-corrected chi connectivity index (χ3v) is 1.72. The molecule has 0 aromatic rings. The van der Waals surface area contributed by atoms with Crippen LogP contribution < -0.4 is 10.6 Å². The zero-order chi connectivity index (χ0) is 9.40. The standard InChI is InChI=1S/C9H20N2O/c1-4-7-11-9(12)8(5-2)10-6-3/h8,10H,4-7H2,1-3H3,(H,11,12). The van der Waals surface area contributed by atoms with Crippen molar-refractivity contribution < 1.29 is 4.79 Å². The van der Waals surface area contributed by atoms with Crippen molar-refractivity contribution in [2.45, 2.75) is 39.7 Å². The van der Waals surface area contributed by atoms with E-state index in [-0.39, 0.29) is 11.9 Å². The van der Waals surface area contributed by atoms with Gasteiger partial charge in [0.2, 0.25) is 5.91 Å². The molecule has 2 N–H and O–H groups in total. The second kappa shape index (κ2) is 7.10. The van der Waals surface area contributed by atoms with E-state index in [0.29, 0.717) is 0 Å². The molecule has 0 aliphatic heterocycles. The highest BCUT2D eigenvalue weighted by molar-refractivity contribution is 5.81. The molecule has 1 unspecified atom stereocenters. The lowest BCUT2D eigenvalue weighted by molar-refractivity contribution is -0.123. The van der Waals surface area contributed by atoms with Gasteiger partial charge in [0.1, 0.15) is 0 Å². The molecule has 12 heavy (non-hydrogen) atoms. The average molecular weight is 172 g/mol. The third kappa shape index (κ3) is 4.34. The van der Waals surface area contributed by atoms with Gasteiger partial charge in [0.15, 0.2) is 0 Å². The molecule has 0 aromatic heterocycles. The van der Waals surface area contributed by atoms with Crippen LogP contribution in [0.3, 0.4) is 0 Å². The molecule has 3 nitrogen and oxygen atoms in total. The van der Waals surface area contributed by atoms with Crippen molar-refractivity contribution in [2.24, 2.45) is 0 Å². The zero-order valence-corrected chi connectivity index (χ0v) is 8.31. The molecule has 1 atom stereocenters. The fourth-order valence-corrected chi connectivity index (χ4v) is 1.04.